The molecule has 0 saturated heterocycles. The number of hydrogen-bond donors (Lipinski definition) is 1. The Morgan fingerprint density at radius 3 is 2.48 bits per heavy atom. The third kappa shape index (κ3) is 6.08. The van der Waals surface area contributed by atoms with Crippen LogP contribution in [-0.2, 0) is 22.9 Å². The molecule has 0 amide bonds. The fourth-order valence-corrected chi connectivity index (χ4v) is 4.47. The van der Waals surface area contributed by atoms with Crippen molar-refractivity contribution < 1.29 is 40.2 Å². The SMILES string of the molecule is CC1/C=C/CCC[C@@H](C)Oc2nc(c(N)cc2C(F)(F)F)-c2nnc(o2)C1(COCc1ccccc1)C(F)(F)F. The van der Waals surface area contributed by atoms with E-state index in [2.05, 4.69) is 15.2 Å². The molecule has 216 valence electrons. The molecule has 3 atom stereocenters. The predicted octanol–water partition coefficient (Wildman–Crippen LogP) is 6.89. The second kappa shape index (κ2) is 11.5. The summed E-state index contributed by atoms with van der Waals surface area (Å²) < 4.78 is 103. The smallest absolute Gasteiger partial charge is 0.421 e. The van der Waals surface area contributed by atoms with Crippen LogP contribution >= 0.6 is 0 Å². The number of ether oxygens (including phenoxy) is 2. The van der Waals surface area contributed by atoms with Crippen molar-refractivity contribution in [2.75, 3.05) is 12.3 Å². The van der Waals surface area contributed by atoms with Crippen LogP contribution in [0.1, 0.15) is 50.1 Å². The number of nitrogen functional groups attached to an aromatic ring is 1. The molecule has 0 aliphatic carbocycles. The number of aromatic nitrogens is 3. The van der Waals surface area contributed by atoms with Crippen LogP contribution in [-0.4, -0.2) is 34.1 Å². The highest BCUT2D eigenvalue weighted by atomic mass is 19.4. The second-order valence-electron chi connectivity index (χ2n) is 9.71. The number of halogens is 6. The van der Waals surface area contributed by atoms with Crippen LogP contribution in [0.15, 0.2) is 53.0 Å². The number of pyridine rings is 1. The van der Waals surface area contributed by atoms with E-state index in [-0.39, 0.29) is 6.61 Å². The molecule has 4 bridgehead atoms. The molecule has 2 unspecified atom stereocenters. The van der Waals surface area contributed by atoms with Gasteiger partial charge in [-0.1, -0.05) is 49.4 Å². The maximum atomic E-state index is 15.0. The lowest BCUT2D eigenvalue weighted by Gasteiger charge is -2.36. The molecule has 0 fully saturated rings. The van der Waals surface area contributed by atoms with Crippen molar-refractivity contribution >= 4 is 5.69 Å². The van der Waals surface area contributed by atoms with Gasteiger partial charge in [-0.25, -0.2) is 4.98 Å². The van der Waals surface area contributed by atoms with E-state index in [1.165, 1.54) is 13.0 Å². The third-order valence-electron chi connectivity index (χ3n) is 6.78. The molecule has 13 heteroatoms. The summed E-state index contributed by atoms with van der Waals surface area (Å²) in [6.07, 6.45) is -6.33. The van der Waals surface area contributed by atoms with Gasteiger partial charge in [0.15, 0.2) is 11.1 Å². The van der Waals surface area contributed by atoms with Crippen molar-refractivity contribution in [1.82, 2.24) is 15.2 Å². The maximum Gasteiger partial charge on any atom is 0.421 e. The Labute approximate surface area is 226 Å². The Balaban J connectivity index is 1.84. The predicted molar refractivity (Wildman–Crippen MR) is 133 cm³/mol. The molecule has 1 aromatic carbocycles. The Kier molecular flexibility index (Phi) is 8.43. The van der Waals surface area contributed by atoms with Gasteiger partial charge in [0.2, 0.25) is 11.8 Å². The zero-order valence-corrected chi connectivity index (χ0v) is 21.7. The van der Waals surface area contributed by atoms with Gasteiger partial charge in [0, 0.05) is 0 Å². The summed E-state index contributed by atoms with van der Waals surface area (Å²) >= 11 is 0. The third-order valence-corrected chi connectivity index (χ3v) is 6.78. The Bertz CT molecular complexity index is 1330. The largest absolute Gasteiger partial charge is 0.474 e. The second-order valence-corrected chi connectivity index (χ2v) is 9.71. The molecule has 40 heavy (non-hydrogen) atoms. The highest BCUT2D eigenvalue weighted by Crippen LogP contribution is 2.48. The molecule has 3 heterocycles. The van der Waals surface area contributed by atoms with Crippen LogP contribution < -0.4 is 10.5 Å². The molecule has 3 aromatic rings. The summed E-state index contributed by atoms with van der Waals surface area (Å²) in [6, 6.07) is 9.26. The van der Waals surface area contributed by atoms with E-state index in [0.717, 1.165) is 0 Å². The summed E-state index contributed by atoms with van der Waals surface area (Å²) in [6.45, 7) is 1.97. The minimum absolute atomic E-state index is 0.109. The molecular weight excluding hydrogens is 542 g/mol. The first-order chi connectivity index (χ1) is 18.8. The van der Waals surface area contributed by atoms with E-state index in [9.17, 15) is 26.3 Å². The first kappa shape index (κ1) is 29.4. The first-order valence-electron chi connectivity index (χ1n) is 12.6. The lowest BCUT2D eigenvalue weighted by atomic mass is 9.75. The van der Waals surface area contributed by atoms with Gasteiger partial charge >= 0.3 is 12.4 Å². The number of alkyl halides is 6. The van der Waals surface area contributed by atoms with E-state index in [1.807, 2.05) is 0 Å². The topological polar surface area (TPSA) is 96.3 Å². The number of benzene rings is 1. The Hall–Kier alpha value is -3.61. The summed E-state index contributed by atoms with van der Waals surface area (Å²) in [5.41, 5.74) is 1.57. The minimum Gasteiger partial charge on any atom is -0.474 e. The van der Waals surface area contributed by atoms with Crippen molar-refractivity contribution in [3.63, 3.8) is 0 Å². The number of nitrogens with zero attached hydrogens (tertiary/aromatic N) is 3. The van der Waals surface area contributed by atoms with Crippen LogP contribution in [0, 0.1) is 5.92 Å². The molecular formula is C27H28F6N4O3. The van der Waals surface area contributed by atoms with E-state index in [4.69, 9.17) is 19.6 Å². The summed E-state index contributed by atoms with van der Waals surface area (Å²) in [7, 11) is 0. The average molecular weight is 571 g/mol. The quantitative estimate of drug-likeness (QED) is 0.269. The van der Waals surface area contributed by atoms with Crippen LogP contribution in [0.3, 0.4) is 0 Å². The van der Waals surface area contributed by atoms with Crippen molar-refractivity contribution in [2.24, 2.45) is 5.92 Å². The number of rotatable bonds is 4. The molecule has 1 aliphatic heterocycles. The molecule has 7 nitrogen and oxygen atoms in total. The van der Waals surface area contributed by atoms with Crippen LogP contribution in [0.5, 0.6) is 5.88 Å². The Morgan fingerprint density at radius 1 is 1.07 bits per heavy atom. The molecule has 0 radical (unpaired) electrons. The normalized spacial score (nSPS) is 23.1. The lowest BCUT2D eigenvalue weighted by Crippen LogP contribution is -2.51. The van der Waals surface area contributed by atoms with Crippen LogP contribution in [0.4, 0.5) is 32.0 Å². The van der Waals surface area contributed by atoms with E-state index in [0.29, 0.717) is 30.9 Å². The minimum atomic E-state index is -4.92. The molecule has 1 aliphatic rings. The van der Waals surface area contributed by atoms with E-state index in [1.54, 1.807) is 43.3 Å². The van der Waals surface area contributed by atoms with Gasteiger partial charge in [-0.2, -0.15) is 26.3 Å². The highest BCUT2D eigenvalue weighted by Gasteiger charge is 2.62. The molecule has 2 aromatic heterocycles. The number of fused-ring (bicyclic) bond motifs is 5. The monoisotopic (exact) mass is 570 g/mol. The number of anilines is 1. The highest BCUT2D eigenvalue weighted by molar-refractivity contribution is 5.68. The van der Waals surface area contributed by atoms with E-state index < -0.39 is 71.0 Å². The van der Waals surface area contributed by atoms with Gasteiger partial charge in [-0.15, -0.1) is 10.2 Å². The van der Waals surface area contributed by atoms with Gasteiger partial charge in [0.1, 0.15) is 5.56 Å². The zero-order chi connectivity index (χ0) is 29.1. The van der Waals surface area contributed by atoms with Crippen LogP contribution in [0.25, 0.3) is 11.6 Å². The molecule has 4 rings (SSSR count). The zero-order valence-electron chi connectivity index (χ0n) is 21.7. The van der Waals surface area contributed by atoms with Crippen molar-refractivity contribution in [1.29, 1.82) is 0 Å². The van der Waals surface area contributed by atoms with Gasteiger partial charge < -0.3 is 19.6 Å². The fraction of sp³-hybridized carbons (Fsp3) is 0.444. The van der Waals surface area contributed by atoms with Crippen molar-refractivity contribution in [3.8, 4) is 17.5 Å². The average Bonchev–Trinajstić information content (AvgIpc) is 3.36. The lowest BCUT2D eigenvalue weighted by molar-refractivity contribution is -0.223. The van der Waals surface area contributed by atoms with Crippen LogP contribution in [0.2, 0.25) is 0 Å². The summed E-state index contributed by atoms with van der Waals surface area (Å²) in [5, 5.41) is 7.40. The molecule has 2 N–H and O–H groups in total. The molecule has 0 spiro atoms. The Morgan fingerprint density at radius 2 is 1.80 bits per heavy atom. The fourth-order valence-electron chi connectivity index (χ4n) is 4.47. The van der Waals surface area contributed by atoms with Gasteiger partial charge in [-0.3, -0.25) is 0 Å². The van der Waals surface area contributed by atoms with Gasteiger partial charge in [-0.05, 0) is 43.7 Å². The van der Waals surface area contributed by atoms with Crippen molar-refractivity contribution in [2.45, 2.75) is 63.6 Å². The first-order valence-corrected chi connectivity index (χ1v) is 12.6. The van der Waals surface area contributed by atoms with Gasteiger partial charge in [0.25, 0.3) is 5.89 Å². The number of hydrogen-bond acceptors (Lipinski definition) is 7. The number of allylic oxidation sites excluding steroid dienone is 2. The molecule has 0 saturated carbocycles. The van der Waals surface area contributed by atoms with Crippen molar-refractivity contribution in [3.05, 3.63) is 65.6 Å². The number of nitrogens with two attached hydrogens (primary N) is 1. The summed E-state index contributed by atoms with van der Waals surface area (Å²) in [4.78, 5) is 3.89. The van der Waals surface area contributed by atoms with E-state index >= 15 is 0 Å². The standard InChI is InChI=1S/C27H28F6N4O3/c1-16-9-5-3-6-10-17(2)39-22-19(26(28,29)30)13-20(34)21(35-22)23-36-37-24(40-23)25(16,27(31,32)33)15-38-14-18-11-7-4-8-12-18/h4-5,7-9,11-13,16-17H,3,6,10,14-15,34H2,1-2H3/b9-5+/t16?,17-,25?/m1/s1. The maximum absolute atomic E-state index is 15.0. The van der Waals surface area contributed by atoms with Gasteiger partial charge in [0.05, 0.1) is 25.0 Å². The summed E-state index contributed by atoms with van der Waals surface area (Å²) in [5.74, 6) is -3.41.